The smallest absolute Gasteiger partial charge is 0.127 e. The number of ether oxygens (including phenoxy) is 2. The maximum atomic E-state index is 5.58. The van der Waals surface area contributed by atoms with Crippen LogP contribution in [0.4, 0.5) is 0 Å². The fourth-order valence-electron chi connectivity index (χ4n) is 4.05. The second-order valence-electron chi connectivity index (χ2n) is 6.30. The molecule has 1 aromatic rings. The number of fused-ring (bicyclic) bond motifs is 1. The van der Waals surface area contributed by atoms with Gasteiger partial charge < -0.3 is 14.8 Å². The Kier molecular flexibility index (Phi) is 4.09. The first-order valence-corrected chi connectivity index (χ1v) is 7.84. The predicted octanol–water partition coefficient (Wildman–Crippen LogP) is 2.30. The van der Waals surface area contributed by atoms with Crippen LogP contribution in [-0.2, 0) is 0 Å². The van der Waals surface area contributed by atoms with E-state index in [9.17, 15) is 0 Å². The molecule has 0 spiro atoms. The summed E-state index contributed by atoms with van der Waals surface area (Å²) in [5.74, 6) is 3.35. The maximum absolute atomic E-state index is 5.58. The zero-order valence-electron chi connectivity index (χ0n) is 13.4. The van der Waals surface area contributed by atoms with E-state index in [-0.39, 0.29) is 0 Å². The molecule has 3 rings (SSSR count). The normalized spacial score (nSPS) is 30.2. The number of benzene rings is 1. The lowest BCUT2D eigenvalue weighted by Gasteiger charge is -2.31. The molecule has 2 saturated heterocycles. The summed E-state index contributed by atoms with van der Waals surface area (Å²) in [7, 11) is 3.42. The van der Waals surface area contributed by atoms with Gasteiger partial charge in [-0.3, -0.25) is 4.90 Å². The highest BCUT2D eigenvalue weighted by Crippen LogP contribution is 2.40. The molecular formula is C17H26N2O2. The van der Waals surface area contributed by atoms with Crippen LogP contribution in [0.5, 0.6) is 11.5 Å². The third kappa shape index (κ3) is 2.51. The summed E-state index contributed by atoms with van der Waals surface area (Å²) < 4.78 is 10.9. The number of nitrogens with zero attached hydrogens (tertiary/aromatic N) is 1. The number of hydrogen-bond acceptors (Lipinski definition) is 4. The lowest BCUT2D eigenvalue weighted by atomic mass is 9.95. The van der Waals surface area contributed by atoms with Gasteiger partial charge in [0.1, 0.15) is 11.5 Å². The number of rotatable bonds is 4. The summed E-state index contributed by atoms with van der Waals surface area (Å²) in [6.07, 6.45) is 0. The lowest BCUT2D eigenvalue weighted by Crippen LogP contribution is -2.35. The summed E-state index contributed by atoms with van der Waals surface area (Å²) >= 11 is 0. The molecule has 0 bridgehead atoms. The molecule has 0 saturated carbocycles. The van der Waals surface area contributed by atoms with Gasteiger partial charge in [0.2, 0.25) is 0 Å². The van der Waals surface area contributed by atoms with Crippen LogP contribution < -0.4 is 14.8 Å². The summed E-state index contributed by atoms with van der Waals surface area (Å²) in [4.78, 5) is 2.63. The van der Waals surface area contributed by atoms with Crippen LogP contribution in [0.25, 0.3) is 0 Å². The van der Waals surface area contributed by atoms with E-state index < -0.39 is 0 Å². The lowest BCUT2D eigenvalue weighted by molar-refractivity contribution is 0.179. The minimum Gasteiger partial charge on any atom is -0.497 e. The highest BCUT2D eigenvalue weighted by molar-refractivity contribution is 5.42. The van der Waals surface area contributed by atoms with E-state index in [1.807, 2.05) is 12.1 Å². The Bertz CT molecular complexity index is 506. The Hall–Kier alpha value is -1.26. The molecule has 0 radical (unpaired) electrons. The molecule has 2 aliphatic rings. The van der Waals surface area contributed by atoms with Crippen LogP contribution in [0.2, 0.25) is 0 Å². The van der Waals surface area contributed by atoms with Crippen molar-refractivity contribution in [1.29, 1.82) is 0 Å². The highest BCUT2D eigenvalue weighted by atomic mass is 16.5. The molecule has 0 aliphatic carbocycles. The van der Waals surface area contributed by atoms with Crippen molar-refractivity contribution in [3.8, 4) is 11.5 Å². The van der Waals surface area contributed by atoms with E-state index >= 15 is 0 Å². The Morgan fingerprint density at radius 1 is 1.24 bits per heavy atom. The molecule has 2 aliphatic heterocycles. The summed E-state index contributed by atoms with van der Waals surface area (Å²) in [5, 5.41) is 3.52. The van der Waals surface area contributed by atoms with Crippen LogP contribution >= 0.6 is 0 Å². The molecule has 4 unspecified atom stereocenters. The number of methoxy groups -OCH3 is 2. The third-order valence-electron chi connectivity index (χ3n) is 5.37. The average molecular weight is 290 g/mol. The van der Waals surface area contributed by atoms with Crippen molar-refractivity contribution in [2.24, 2.45) is 11.8 Å². The van der Waals surface area contributed by atoms with Crippen molar-refractivity contribution in [1.82, 2.24) is 10.2 Å². The molecule has 1 N–H and O–H groups in total. The van der Waals surface area contributed by atoms with E-state index in [2.05, 4.69) is 30.1 Å². The molecule has 116 valence electrons. The van der Waals surface area contributed by atoms with Gasteiger partial charge in [0.05, 0.1) is 14.2 Å². The van der Waals surface area contributed by atoms with Gasteiger partial charge in [-0.05, 0) is 44.8 Å². The second kappa shape index (κ2) is 5.85. The van der Waals surface area contributed by atoms with Gasteiger partial charge >= 0.3 is 0 Å². The van der Waals surface area contributed by atoms with E-state index in [1.165, 1.54) is 12.1 Å². The van der Waals surface area contributed by atoms with Crippen LogP contribution in [0, 0.1) is 11.8 Å². The molecule has 2 heterocycles. The quantitative estimate of drug-likeness (QED) is 0.922. The Balaban J connectivity index is 1.83. The monoisotopic (exact) mass is 290 g/mol. The average Bonchev–Trinajstić information content (AvgIpc) is 3.09. The first kappa shape index (κ1) is 14.7. The van der Waals surface area contributed by atoms with E-state index in [0.29, 0.717) is 12.1 Å². The van der Waals surface area contributed by atoms with Crippen molar-refractivity contribution < 1.29 is 9.47 Å². The Morgan fingerprint density at radius 2 is 2.05 bits per heavy atom. The zero-order chi connectivity index (χ0) is 15.0. The van der Waals surface area contributed by atoms with Gasteiger partial charge in [0.15, 0.2) is 0 Å². The molecule has 4 nitrogen and oxygen atoms in total. The van der Waals surface area contributed by atoms with E-state index in [4.69, 9.17) is 9.47 Å². The first-order chi connectivity index (χ1) is 10.2. The van der Waals surface area contributed by atoms with Gasteiger partial charge in [0.25, 0.3) is 0 Å². The Labute approximate surface area is 127 Å². The molecule has 4 atom stereocenters. The second-order valence-corrected chi connectivity index (χ2v) is 6.30. The number of nitrogens with one attached hydrogen (secondary N) is 1. The summed E-state index contributed by atoms with van der Waals surface area (Å²) in [5.41, 5.74) is 1.25. The highest BCUT2D eigenvalue weighted by Gasteiger charge is 2.43. The van der Waals surface area contributed by atoms with Gasteiger partial charge in [-0.2, -0.15) is 0 Å². The molecule has 0 aromatic heterocycles. The van der Waals surface area contributed by atoms with Crippen LogP contribution in [0.1, 0.15) is 25.5 Å². The van der Waals surface area contributed by atoms with Crippen LogP contribution in [0.3, 0.4) is 0 Å². The van der Waals surface area contributed by atoms with Crippen molar-refractivity contribution in [3.63, 3.8) is 0 Å². The van der Waals surface area contributed by atoms with Gasteiger partial charge in [-0.25, -0.2) is 0 Å². The van der Waals surface area contributed by atoms with Gasteiger partial charge in [-0.1, -0.05) is 6.07 Å². The summed E-state index contributed by atoms with van der Waals surface area (Å²) in [6, 6.07) is 7.13. The molecule has 21 heavy (non-hydrogen) atoms. The molecule has 4 heteroatoms. The third-order valence-corrected chi connectivity index (χ3v) is 5.37. The van der Waals surface area contributed by atoms with Gasteiger partial charge in [0, 0.05) is 30.3 Å². The van der Waals surface area contributed by atoms with E-state index in [0.717, 1.165) is 36.4 Å². The molecule has 2 fully saturated rings. The fourth-order valence-corrected chi connectivity index (χ4v) is 4.05. The maximum Gasteiger partial charge on any atom is 0.127 e. The minimum atomic E-state index is 0.367. The largest absolute Gasteiger partial charge is 0.497 e. The van der Waals surface area contributed by atoms with Crippen LogP contribution in [-0.4, -0.2) is 44.8 Å². The standard InChI is InChI=1S/C17H26N2O2/c1-11(15-6-5-14(20-3)7-17(15)21-4)19-10-13-8-18-9-16(13)12(19)2/h5-7,11-13,16,18H,8-10H2,1-4H3. The van der Waals surface area contributed by atoms with Crippen molar-refractivity contribution in [2.45, 2.75) is 25.9 Å². The van der Waals surface area contributed by atoms with Crippen LogP contribution in [0.15, 0.2) is 18.2 Å². The van der Waals surface area contributed by atoms with E-state index in [1.54, 1.807) is 14.2 Å². The first-order valence-electron chi connectivity index (χ1n) is 7.84. The zero-order valence-corrected chi connectivity index (χ0v) is 13.4. The fraction of sp³-hybridized carbons (Fsp3) is 0.647. The summed E-state index contributed by atoms with van der Waals surface area (Å²) in [6.45, 7) is 8.15. The van der Waals surface area contributed by atoms with Gasteiger partial charge in [-0.15, -0.1) is 0 Å². The topological polar surface area (TPSA) is 33.7 Å². The predicted molar refractivity (Wildman–Crippen MR) is 84.0 cm³/mol. The molecule has 1 aromatic carbocycles. The number of hydrogen-bond donors (Lipinski definition) is 1. The number of likely N-dealkylation sites (tertiary alicyclic amines) is 1. The molecular weight excluding hydrogens is 264 g/mol. The van der Waals surface area contributed by atoms with Crippen molar-refractivity contribution >= 4 is 0 Å². The minimum absolute atomic E-state index is 0.367. The SMILES string of the molecule is COc1ccc(C(C)N2CC3CNCC3C2C)c(OC)c1. The molecule has 0 amide bonds. The Morgan fingerprint density at radius 3 is 2.71 bits per heavy atom. The van der Waals surface area contributed by atoms with Crippen molar-refractivity contribution in [2.75, 3.05) is 33.9 Å². The van der Waals surface area contributed by atoms with Crippen molar-refractivity contribution in [3.05, 3.63) is 23.8 Å².